The van der Waals surface area contributed by atoms with E-state index < -0.39 is 0 Å². The number of aryl methyl sites for hydroxylation is 1. The van der Waals surface area contributed by atoms with Gasteiger partial charge in [-0.2, -0.15) is 0 Å². The van der Waals surface area contributed by atoms with E-state index >= 15 is 0 Å². The Morgan fingerprint density at radius 1 is 1.19 bits per heavy atom. The minimum Gasteiger partial charge on any atom is -0.354 e. The maximum absolute atomic E-state index is 12.9. The zero-order valence-corrected chi connectivity index (χ0v) is 15.5. The summed E-state index contributed by atoms with van der Waals surface area (Å²) in [5, 5.41) is 6.08. The molecule has 0 saturated carbocycles. The lowest BCUT2D eigenvalue weighted by atomic mass is 10.1. The molecule has 0 atom stereocenters. The number of hydrogen-bond acceptors (Lipinski definition) is 2. The number of aliphatic imine (C=N–C) groups is 1. The number of amides is 1. The highest BCUT2D eigenvalue weighted by Gasteiger charge is 2.08. The summed E-state index contributed by atoms with van der Waals surface area (Å²) in [5.74, 6) is 0.369. The lowest BCUT2D eigenvalue weighted by molar-refractivity contribution is -0.120. The van der Waals surface area contributed by atoms with E-state index in [2.05, 4.69) is 26.3 Å². The van der Waals surface area contributed by atoms with Crippen LogP contribution in [0.25, 0.3) is 0 Å². The van der Waals surface area contributed by atoms with Crippen molar-refractivity contribution in [3.8, 4) is 0 Å². The molecule has 0 unspecified atom stereocenters. The van der Waals surface area contributed by atoms with E-state index in [-0.39, 0.29) is 18.1 Å². The molecule has 1 aromatic carbocycles. The zero-order valence-electron chi connectivity index (χ0n) is 15.5. The third-order valence-electron chi connectivity index (χ3n) is 4.03. The van der Waals surface area contributed by atoms with E-state index in [1.54, 1.807) is 19.2 Å². The quantitative estimate of drug-likeness (QED) is 0.448. The standard InChI is InChI=1S/C19H26FN5O/c1-21-19(25(3)14-17-5-4-12-24(17)2)23-11-10-22-18(26)13-15-6-8-16(20)9-7-15/h4-9,12H,10-11,13-14H2,1-3H3,(H,21,23)(H,22,26). The number of nitrogens with zero attached hydrogens (tertiary/aromatic N) is 3. The van der Waals surface area contributed by atoms with Crippen LogP contribution in [0, 0.1) is 5.82 Å². The van der Waals surface area contributed by atoms with E-state index in [9.17, 15) is 9.18 Å². The van der Waals surface area contributed by atoms with E-state index in [0.717, 1.165) is 18.1 Å². The Kier molecular flexibility index (Phi) is 7.20. The summed E-state index contributed by atoms with van der Waals surface area (Å²) in [7, 11) is 5.71. The highest BCUT2D eigenvalue weighted by Crippen LogP contribution is 2.04. The zero-order chi connectivity index (χ0) is 18.9. The van der Waals surface area contributed by atoms with Gasteiger partial charge in [-0.15, -0.1) is 0 Å². The Bertz CT molecular complexity index is 739. The fraction of sp³-hybridized carbons (Fsp3) is 0.368. The highest BCUT2D eigenvalue weighted by atomic mass is 19.1. The highest BCUT2D eigenvalue weighted by molar-refractivity contribution is 5.80. The van der Waals surface area contributed by atoms with Gasteiger partial charge in [-0.3, -0.25) is 9.79 Å². The maximum atomic E-state index is 12.9. The van der Waals surface area contributed by atoms with Crippen molar-refractivity contribution in [2.45, 2.75) is 13.0 Å². The molecule has 6 nitrogen and oxygen atoms in total. The molecule has 140 valence electrons. The van der Waals surface area contributed by atoms with Crippen LogP contribution in [0.5, 0.6) is 0 Å². The summed E-state index contributed by atoms with van der Waals surface area (Å²) < 4.78 is 14.9. The third kappa shape index (κ3) is 5.91. The van der Waals surface area contributed by atoms with E-state index in [0.29, 0.717) is 13.1 Å². The molecule has 0 fully saturated rings. The predicted octanol–water partition coefficient (Wildman–Crippen LogP) is 1.53. The molecule has 0 aliphatic rings. The van der Waals surface area contributed by atoms with E-state index in [1.807, 2.05) is 31.3 Å². The Morgan fingerprint density at radius 3 is 2.50 bits per heavy atom. The van der Waals surface area contributed by atoms with Gasteiger partial charge in [0.25, 0.3) is 0 Å². The van der Waals surface area contributed by atoms with Crippen molar-refractivity contribution in [3.05, 3.63) is 59.7 Å². The van der Waals surface area contributed by atoms with Crippen LogP contribution in [-0.4, -0.2) is 48.5 Å². The summed E-state index contributed by atoms with van der Waals surface area (Å²) in [5.41, 5.74) is 1.97. The topological polar surface area (TPSA) is 61.7 Å². The monoisotopic (exact) mass is 359 g/mol. The van der Waals surface area contributed by atoms with Crippen molar-refractivity contribution < 1.29 is 9.18 Å². The maximum Gasteiger partial charge on any atom is 0.224 e. The molecular weight excluding hydrogens is 333 g/mol. The van der Waals surface area contributed by atoms with Gasteiger partial charge in [0.1, 0.15) is 5.82 Å². The molecule has 1 amide bonds. The summed E-state index contributed by atoms with van der Waals surface area (Å²) in [4.78, 5) is 18.2. The number of rotatable bonds is 7. The van der Waals surface area contributed by atoms with Gasteiger partial charge in [0.05, 0.1) is 13.0 Å². The summed E-state index contributed by atoms with van der Waals surface area (Å²) in [6, 6.07) is 10.0. The summed E-state index contributed by atoms with van der Waals surface area (Å²) in [6.45, 7) is 1.79. The van der Waals surface area contributed by atoms with Crippen LogP contribution in [0.4, 0.5) is 4.39 Å². The smallest absolute Gasteiger partial charge is 0.224 e. The molecule has 2 aromatic rings. The van der Waals surface area contributed by atoms with E-state index in [1.165, 1.54) is 17.8 Å². The number of halogens is 1. The van der Waals surface area contributed by atoms with Gasteiger partial charge in [-0.1, -0.05) is 12.1 Å². The molecule has 0 aliphatic heterocycles. The Labute approximate surface area is 153 Å². The molecule has 2 N–H and O–H groups in total. The summed E-state index contributed by atoms with van der Waals surface area (Å²) in [6.07, 6.45) is 2.25. The minimum absolute atomic E-state index is 0.0921. The first-order chi connectivity index (χ1) is 12.5. The molecule has 0 aliphatic carbocycles. The number of hydrogen-bond donors (Lipinski definition) is 2. The lowest BCUT2D eigenvalue weighted by Gasteiger charge is -2.22. The summed E-state index contributed by atoms with van der Waals surface area (Å²) >= 11 is 0. The van der Waals surface area contributed by atoms with Crippen LogP contribution < -0.4 is 10.6 Å². The number of benzene rings is 1. The fourth-order valence-corrected chi connectivity index (χ4v) is 2.59. The number of nitrogens with one attached hydrogen (secondary N) is 2. The number of aromatic nitrogens is 1. The number of carbonyl (C=O) groups is 1. The van der Waals surface area contributed by atoms with Crippen molar-refractivity contribution in [1.29, 1.82) is 0 Å². The minimum atomic E-state index is -0.302. The molecule has 1 heterocycles. The SMILES string of the molecule is CN=C(NCCNC(=O)Cc1ccc(F)cc1)N(C)Cc1cccn1C. The average Bonchev–Trinajstić information content (AvgIpc) is 3.01. The Balaban J connectivity index is 1.70. The average molecular weight is 359 g/mol. The Hall–Kier alpha value is -2.83. The second kappa shape index (κ2) is 9.60. The molecular formula is C19H26FN5O. The van der Waals surface area contributed by atoms with Crippen LogP contribution in [0.1, 0.15) is 11.3 Å². The third-order valence-corrected chi connectivity index (χ3v) is 4.03. The van der Waals surface area contributed by atoms with Crippen LogP contribution in [0.2, 0.25) is 0 Å². The van der Waals surface area contributed by atoms with Crippen LogP contribution >= 0.6 is 0 Å². The molecule has 2 rings (SSSR count). The van der Waals surface area contributed by atoms with Gasteiger partial charge in [-0.25, -0.2) is 4.39 Å². The van der Waals surface area contributed by atoms with Gasteiger partial charge in [-0.05, 0) is 29.8 Å². The van der Waals surface area contributed by atoms with Gasteiger partial charge < -0.3 is 20.1 Å². The molecule has 26 heavy (non-hydrogen) atoms. The predicted molar refractivity (Wildman–Crippen MR) is 101 cm³/mol. The van der Waals surface area contributed by atoms with Gasteiger partial charge in [0.2, 0.25) is 5.91 Å². The van der Waals surface area contributed by atoms with Crippen LogP contribution in [-0.2, 0) is 24.8 Å². The van der Waals surface area contributed by atoms with Crippen molar-refractivity contribution in [2.75, 3.05) is 27.2 Å². The molecule has 0 bridgehead atoms. The normalized spacial score (nSPS) is 11.3. The largest absolute Gasteiger partial charge is 0.354 e. The fourth-order valence-electron chi connectivity index (χ4n) is 2.59. The number of guanidine groups is 1. The first kappa shape index (κ1) is 19.5. The molecule has 0 spiro atoms. The van der Waals surface area contributed by atoms with Crippen molar-refractivity contribution >= 4 is 11.9 Å². The van der Waals surface area contributed by atoms with E-state index in [4.69, 9.17) is 0 Å². The van der Waals surface area contributed by atoms with Crippen LogP contribution in [0.3, 0.4) is 0 Å². The van der Waals surface area contributed by atoms with Crippen molar-refractivity contribution in [2.24, 2.45) is 12.0 Å². The van der Waals surface area contributed by atoms with Gasteiger partial charge >= 0.3 is 0 Å². The second-order valence-corrected chi connectivity index (χ2v) is 6.09. The van der Waals surface area contributed by atoms with Crippen LogP contribution in [0.15, 0.2) is 47.6 Å². The van der Waals surface area contributed by atoms with Gasteiger partial charge in [0, 0.05) is 46.1 Å². The van der Waals surface area contributed by atoms with Gasteiger partial charge in [0.15, 0.2) is 5.96 Å². The molecule has 1 aromatic heterocycles. The molecule has 0 saturated heterocycles. The van der Waals surface area contributed by atoms with Crippen molar-refractivity contribution in [3.63, 3.8) is 0 Å². The lowest BCUT2D eigenvalue weighted by Crippen LogP contribution is -2.42. The first-order valence-electron chi connectivity index (χ1n) is 8.52. The Morgan fingerprint density at radius 2 is 1.88 bits per heavy atom. The molecule has 0 radical (unpaired) electrons. The second-order valence-electron chi connectivity index (χ2n) is 6.09. The van der Waals surface area contributed by atoms with Crippen molar-refractivity contribution in [1.82, 2.24) is 20.1 Å². The first-order valence-corrected chi connectivity index (χ1v) is 8.52. The number of carbonyl (C=O) groups excluding carboxylic acids is 1. The molecule has 7 heteroatoms.